The number of hydrogen-bond acceptors (Lipinski definition) is 1. The van der Waals surface area contributed by atoms with Crippen LogP contribution in [0.2, 0.25) is 0 Å². The predicted molar refractivity (Wildman–Crippen MR) is 68.6 cm³/mol. The van der Waals surface area contributed by atoms with E-state index in [0.717, 1.165) is 16.7 Å². The van der Waals surface area contributed by atoms with E-state index in [1.165, 1.54) is 0 Å². The number of allylic oxidation sites excluding steroid dienone is 5. The van der Waals surface area contributed by atoms with Crippen LogP contribution in [0.4, 0.5) is 0 Å². The fourth-order valence-corrected chi connectivity index (χ4v) is 1.39. The second kappa shape index (κ2) is 5.86. The van der Waals surface area contributed by atoms with Gasteiger partial charge in [-0.15, -0.1) is 0 Å². The molecule has 0 fully saturated rings. The molecule has 0 saturated carbocycles. The quantitative estimate of drug-likeness (QED) is 0.420. The molecule has 0 unspecified atom stereocenters. The Kier molecular flexibility index (Phi) is 4.46. The zero-order chi connectivity index (χ0) is 12.0. The summed E-state index contributed by atoms with van der Waals surface area (Å²) >= 11 is 0. The molecule has 16 heavy (non-hydrogen) atoms. The van der Waals surface area contributed by atoms with Gasteiger partial charge >= 0.3 is 0 Å². The van der Waals surface area contributed by atoms with Crippen molar-refractivity contribution >= 4 is 5.78 Å². The second-order valence-electron chi connectivity index (χ2n) is 3.61. The number of Topliss-reactive ketones (excluding diaryl/α,β-unsaturated/α-hetero) is 1. The van der Waals surface area contributed by atoms with Gasteiger partial charge < -0.3 is 0 Å². The second-order valence-corrected chi connectivity index (χ2v) is 3.61. The molecule has 82 valence electrons. The lowest BCUT2D eigenvalue weighted by atomic mass is 10.00. The van der Waals surface area contributed by atoms with Gasteiger partial charge in [0.25, 0.3) is 0 Å². The summed E-state index contributed by atoms with van der Waals surface area (Å²) in [5, 5.41) is 0. The van der Waals surface area contributed by atoms with E-state index in [1.807, 2.05) is 44.2 Å². The third kappa shape index (κ3) is 3.06. The van der Waals surface area contributed by atoms with E-state index in [-0.39, 0.29) is 5.78 Å². The van der Waals surface area contributed by atoms with Crippen molar-refractivity contribution in [3.63, 3.8) is 0 Å². The molecule has 0 aliphatic rings. The highest BCUT2D eigenvalue weighted by molar-refractivity contribution is 6.09. The highest BCUT2D eigenvalue weighted by Gasteiger charge is 2.08. The first-order valence-electron chi connectivity index (χ1n) is 5.23. The summed E-state index contributed by atoms with van der Waals surface area (Å²) in [7, 11) is 0. The Bertz CT molecular complexity index is 450. The summed E-state index contributed by atoms with van der Waals surface area (Å²) in [6.45, 7) is 7.34. The summed E-state index contributed by atoms with van der Waals surface area (Å²) in [5.41, 5.74) is 2.50. The molecule has 1 aromatic carbocycles. The monoisotopic (exact) mass is 212 g/mol. The Labute approximate surface area is 96.8 Å². The molecule has 1 heteroatoms. The van der Waals surface area contributed by atoms with Crippen LogP contribution in [0.3, 0.4) is 0 Å². The lowest BCUT2D eigenvalue weighted by Crippen LogP contribution is -2.02. The van der Waals surface area contributed by atoms with Crippen molar-refractivity contribution < 1.29 is 4.79 Å². The van der Waals surface area contributed by atoms with E-state index < -0.39 is 0 Å². The van der Waals surface area contributed by atoms with Crippen molar-refractivity contribution in [2.75, 3.05) is 0 Å². The number of hydrogen-bond donors (Lipinski definition) is 0. The molecular formula is C15H16O. The molecule has 0 spiro atoms. The molecule has 1 rings (SSSR count). The first kappa shape index (κ1) is 12.2. The van der Waals surface area contributed by atoms with Crippen molar-refractivity contribution in [2.24, 2.45) is 0 Å². The normalized spacial score (nSPS) is 11.8. The summed E-state index contributed by atoms with van der Waals surface area (Å²) in [4.78, 5) is 12.0. The first-order valence-corrected chi connectivity index (χ1v) is 5.23. The third-order valence-corrected chi connectivity index (χ3v) is 2.34. The number of carbonyl (C=O) groups is 1. The fraction of sp³-hybridized carbons (Fsp3) is 0.133. The predicted octanol–water partition coefficient (Wildman–Crippen LogP) is 3.87. The molecule has 0 amide bonds. The number of aryl methyl sites for hydroxylation is 1. The summed E-state index contributed by atoms with van der Waals surface area (Å²) in [6, 6.07) is 7.61. The van der Waals surface area contributed by atoms with E-state index in [1.54, 1.807) is 18.2 Å². The molecule has 0 aromatic heterocycles. The van der Waals surface area contributed by atoms with Gasteiger partial charge in [-0.25, -0.2) is 0 Å². The van der Waals surface area contributed by atoms with E-state index in [9.17, 15) is 4.79 Å². The Balaban J connectivity index is 2.95. The first-order chi connectivity index (χ1) is 7.66. The van der Waals surface area contributed by atoms with E-state index in [0.29, 0.717) is 0 Å². The highest BCUT2D eigenvalue weighted by atomic mass is 16.1. The van der Waals surface area contributed by atoms with Crippen LogP contribution in [0.1, 0.15) is 22.8 Å². The zero-order valence-corrected chi connectivity index (χ0v) is 9.73. The van der Waals surface area contributed by atoms with Crippen LogP contribution < -0.4 is 0 Å². The SMILES string of the molecule is C=C/C=C\C=C(/C)C(=O)c1ccccc1C. The minimum Gasteiger partial charge on any atom is -0.289 e. The van der Waals surface area contributed by atoms with Crippen LogP contribution in [0.25, 0.3) is 0 Å². The van der Waals surface area contributed by atoms with Crippen LogP contribution in [0.15, 0.2) is 60.7 Å². The van der Waals surface area contributed by atoms with Gasteiger partial charge in [0, 0.05) is 5.56 Å². The maximum absolute atomic E-state index is 12.0. The minimum atomic E-state index is 0.0758. The van der Waals surface area contributed by atoms with E-state index in [4.69, 9.17) is 0 Å². The van der Waals surface area contributed by atoms with Gasteiger partial charge in [-0.1, -0.05) is 55.1 Å². The van der Waals surface area contributed by atoms with Crippen LogP contribution in [-0.4, -0.2) is 5.78 Å². The molecule has 0 atom stereocenters. The van der Waals surface area contributed by atoms with Crippen LogP contribution in [0.5, 0.6) is 0 Å². The van der Waals surface area contributed by atoms with Gasteiger partial charge in [0.2, 0.25) is 0 Å². The lowest BCUT2D eigenvalue weighted by molar-refractivity contribution is 0.103. The molecule has 0 heterocycles. The summed E-state index contributed by atoms with van der Waals surface area (Å²) < 4.78 is 0. The molecule has 0 radical (unpaired) electrons. The smallest absolute Gasteiger partial charge is 0.188 e. The van der Waals surface area contributed by atoms with Crippen molar-refractivity contribution in [1.82, 2.24) is 0 Å². The maximum atomic E-state index is 12.0. The average molecular weight is 212 g/mol. The van der Waals surface area contributed by atoms with Gasteiger partial charge in [-0.3, -0.25) is 4.79 Å². The molecule has 1 aromatic rings. The summed E-state index contributed by atoms with van der Waals surface area (Å²) in [5.74, 6) is 0.0758. The Hall–Kier alpha value is -1.89. The van der Waals surface area contributed by atoms with Crippen LogP contribution >= 0.6 is 0 Å². The molecule has 0 N–H and O–H groups in total. The molecule has 0 aliphatic heterocycles. The Morgan fingerprint density at radius 1 is 1.25 bits per heavy atom. The van der Waals surface area contributed by atoms with Crippen LogP contribution in [0, 0.1) is 6.92 Å². The van der Waals surface area contributed by atoms with Gasteiger partial charge in [0.15, 0.2) is 5.78 Å². The van der Waals surface area contributed by atoms with Gasteiger partial charge in [-0.2, -0.15) is 0 Å². The number of benzene rings is 1. The Morgan fingerprint density at radius 3 is 2.56 bits per heavy atom. The van der Waals surface area contributed by atoms with E-state index in [2.05, 4.69) is 6.58 Å². The number of ketones is 1. The lowest BCUT2D eigenvalue weighted by Gasteiger charge is -2.03. The van der Waals surface area contributed by atoms with E-state index >= 15 is 0 Å². The van der Waals surface area contributed by atoms with Crippen molar-refractivity contribution in [3.8, 4) is 0 Å². The van der Waals surface area contributed by atoms with Crippen molar-refractivity contribution in [3.05, 3.63) is 71.8 Å². The highest BCUT2D eigenvalue weighted by Crippen LogP contribution is 2.12. The number of rotatable bonds is 4. The topological polar surface area (TPSA) is 17.1 Å². The number of carbonyl (C=O) groups excluding carboxylic acids is 1. The van der Waals surface area contributed by atoms with Gasteiger partial charge in [0.1, 0.15) is 0 Å². The molecular weight excluding hydrogens is 196 g/mol. The zero-order valence-electron chi connectivity index (χ0n) is 9.73. The largest absolute Gasteiger partial charge is 0.289 e. The molecule has 0 saturated heterocycles. The molecule has 1 nitrogen and oxygen atoms in total. The molecule has 0 bridgehead atoms. The average Bonchev–Trinajstić information content (AvgIpc) is 2.29. The van der Waals surface area contributed by atoms with Gasteiger partial charge in [-0.05, 0) is 25.0 Å². The molecule has 0 aliphatic carbocycles. The minimum absolute atomic E-state index is 0.0758. The van der Waals surface area contributed by atoms with Gasteiger partial charge in [0.05, 0.1) is 0 Å². The third-order valence-electron chi connectivity index (χ3n) is 2.34. The summed E-state index contributed by atoms with van der Waals surface area (Å²) in [6.07, 6.45) is 7.10. The standard InChI is InChI=1S/C15H16O/c1-4-5-6-10-13(3)15(16)14-11-8-7-9-12(14)2/h4-11H,1H2,2-3H3/b6-5-,13-10+. The van der Waals surface area contributed by atoms with Crippen molar-refractivity contribution in [1.29, 1.82) is 0 Å². The van der Waals surface area contributed by atoms with Crippen LogP contribution in [-0.2, 0) is 0 Å². The fourth-order valence-electron chi connectivity index (χ4n) is 1.39. The van der Waals surface area contributed by atoms with Crippen molar-refractivity contribution in [2.45, 2.75) is 13.8 Å². The Morgan fingerprint density at radius 2 is 1.94 bits per heavy atom. The maximum Gasteiger partial charge on any atom is 0.188 e.